The first kappa shape index (κ1) is 20.3. The Morgan fingerprint density at radius 1 is 1.29 bits per heavy atom. The highest BCUT2D eigenvalue weighted by atomic mass is 16.5. The number of guanidine groups is 1. The lowest BCUT2D eigenvalue weighted by atomic mass is 9.97. The van der Waals surface area contributed by atoms with Crippen LogP contribution in [0.4, 0.5) is 0 Å². The molecule has 0 saturated carbocycles. The van der Waals surface area contributed by atoms with Gasteiger partial charge in [0, 0.05) is 32.1 Å². The van der Waals surface area contributed by atoms with E-state index in [0.29, 0.717) is 13.0 Å². The summed E-state index contributed by atoms with van der Waals surface area (Å²) in [6.07, 6.45) is 2.85. The van der Waals surface area contributed by atoms with Crippen molar-refractivity contribution in [3.8, 4) is 0 Å². The van der Waals surface area contributed by atoms with Crippen molar-refractivity contribution in [1.29, 1.82) is 0 Å². The molecule has 0 radical (unpaired) electrons. The number of carbonyl (C=O) groups is 2. The monoisotopic (exact) mass is 340 g/mol. The third-order valence-electron chi connectivity index (χ3n) is 4.28. The quantitative estimate of drug-likeness (QED) is 0.413. The second kappa shape index (κ2) is 10.9. The predicted octanol–water partition coefficient (Wildman–Crippen LogP) is 1.14. The second-order valence-electron chi connectivity index (χ2n) is 6.15. The van der Waals surface area contributed by atoms with E-state index in [2.05, 4.69) is 20.5 Å². The molecule has 24 heavy (non-hydrogen) atoms. The molecule has 1 unspecified atom stereocenters. The number of nitrogens with zero attached hydrogens (tertiary/aromatic N) is 2. The molecule has 1 rings (SSSR count). The lowest BCUT2D eigenvalue weighted by Crippen LogP contribution is -2.46. The lowest BCUT2D eigenvalue weighted by Gasteiger charge is -2.33. The van der Waals surface area contributed by atoms with E-state index < -0.39 is 0 Å². The van der Waals surface area contributed by atoms with Crippen LogP contribution in [0.3, 0.4) is 0 Å². The fourth-order valence-corrected chi connectivity index (χ4v) is 2.63. The third kappa shape index (κ3) is 6.76. The number of hydrogen-bond acceptors (Lipinski definition) is 4. The summed E-state index contributed by atoms with van der Waals surface area (Å²) in [5, 5.41) is 6.21. The molecule has 7 heteroatoms. The van der Waals surface area contributed by atoms with Gasteiger partial charge in [-0.1, -0.05) is 6.92 Å². The van der Waals surface area contributed by atoms with Crippen molar-refractivity contribution >= 4 is 17.8 Å². The van der Waals surface area contributed by atoms with E-state index in [0.717, 1.165) is 44.9 Å². The Hall–Kier alpha value is -1.79. The summed E-state index contributed by atoms with van der Waals surface area (Å²) in [6.45, 7) is 8.83. The van der Waals surface area contributed by atoms with E-state index in [1.165, 1.54) is 7.11 Å². The molecule has 138 valence electrons. The fourth-order valence-electron chi connectivity index (χ4n) is 2.63. The highest BCUT2D eigenvalue weighted by Gasteiger charge is 2.26. The van der Waals surface area contributed by atoms with Gasteiger partial charge in [0.15, 0.2) is 5.96 Å². The molecular formula is C17H32N4O3. The van der Waals surface area contributed by atoms with Gasteiger partial charge in [-0.2, -0.15) is 0 Å². The third-order valence-corrected chi connectivity index (χ3v) is 4.28. The number of aliphatic imine (C=N–C) groups is 1. The van der Waals surface area contributed by atoms with Gasteiger partial charge in [0.25, 0.3) is 0 Å². The van der Waals surface area contributed by atoms with Crippen LogP contribution in [0.2, 0.25) is 0 Å². The normalized spacial score (nSPS) is 17.3. The van der Waals surface area contributed by atoms with E-state index in [-0.39, 0.29) is 23.8 Å². The summed E-state index contributed by atoms with van der Waals surface area (Å²) >= 11 is 0. The van der Waals surface area contributed by atoms with Crippen molar-refractivity contribution in [3.05, 3.63) is 0 Å². The number of hydrogen-bond donors (Lipinski definition) is 2. The first-order valence-corrected chi connectivity index (χ1v) is 8.92. The van der Waals surface area contributed by atoms with Gasteiger partial charge in [-0.05, 0) is 33.1 Å². The number of likely N-dealkylation sites (tertiary alicyclic amines) is 1. The van der Waals surface area contributed by atoms with Crippen LogP contribution in [0.5, 0.6) is 0 Å². The number of piperidine rings is 1. The Morgan fingerprint density at radius 3 is 2.50 bits per heavy atom. The van der Waals surface area contributed by atoms with Crippen LogP contribution < -0.4 is 10.6 Å². The number of nitrogens with one attached hydrogen (secondary N) is 2. The fraction of sp³-hybridized carbons (Fsp3) is 0.824. The highest BCUT2D eigenvalue weighted by molar-refractivity contribution is 5.81. The van der Waals surface area contributed by atoms with Gasteiger partial charge >= 0.3 is 5.97 Å². The van der Waals surface area contributed by atoms with Crippen LogP contribution >= 0.6 is 0 Å². The number of carbonyl (C=O) groups excluding carboxylic acids is 2. The van der Waals surface area contributed by atoms with Gasteiger partial charge in [0.05, 0.1) is 19.6 Å². The van der Waals surface area contributed by atoms with Crippen molar-refractivity contribution in [2.24, 2.45) is 10.9 Å². The molecule has 0 aromatic heterocycles. The van der Waals surface area contributed by atoms with Crippen LogP contribution in [0.25, 0.3) is 0 Å². The van der Waals surface area contributed by atoms with E-state index in [1.807, 2.05) is 20.8 Å². The zero-order valence-electron chi connectivity index (χ0n) is 15.4. The molecule has 7 nitrogen and oxygen atoms in total. The molecule has 1 atom stereocenters. The van der Waals surface area contributed by atoms with Crippen molar-refractivity contribution < 1.29 is 14.3 Å². The number of methoxy groups -OCH3 is 1. The molecule has 0 aliphatic carbocycles. The van der Waals surface area contributed by atoms with Crippen molar-refractivity contribution in [1.82, 2.24) is 15.5 Å². The second-order valence-corrected chi connectivity index (χ2v) is 6.15. The average molecular weight is 340 g/mol. The van der Waals surface area contributed by atoms with E-state index in [1.54, 1.807) is 0 Å². The maximum absolute atomic E-state index is 11.8. The van der Waals surface area contributed by atoms with Crippen LogP contribution in [0.15, 0.2) is 4.99 Å². The number of amides is 1. The molecule has 1 fully saturated rings. The predicted molar refractivity (Wildman–Crippen MR) is 94.8 cm³/mol. The van der Waals surface area contributed by atoms with E-state index in [9.17, 15) is 9.59 Å². The van der Waals surface area contributed by atoms with Crippen molar-refractivity contribution in [2.75, 3.05) is 33.3 Å². The molecular weight excluding hydrogens is 308 g/mol. The Labute approximate surface area is 145 Å². The highest BCUT2D eigenvalue weighted by Crippen LogP contribution is 2.18. The van der Waals surface area contributed by atoms with Crippen LogP contribution in [0.1, 0.15) is 46.5 Å². The van der Waals surface area contributed by atoms with Gasteiger partial charge in [-0.15, -0.1) is 0 Å². The van der Waals surface area contributed by atoms with E-state index >= 15 is 0 Å². The molecule has 0 spiro atoms. The first-order valence-electron chi connectivity index (χ1n) is 8.92. The van der Waals surface area contributed by atoms with Gasteiger partial charge in [-0.25, -0.2) is 0 Å². The smallest absolute Gasteiger partial charge is 0.308 e. The van der Waals surface area contributed by atoms with Crippen molar-refractivity contribution in [2.45, 2.75) is 52.5 Å². The Kier molecular flexibility index (Phi) is 9.19. The SMILES string of the molecule is CCNC(=NCCC(=O)NC(C)CC)N1CCC(C(=O)OC)CC1. The van der Waals surface area contributed by atoms with Crippen molar-refractivity contribution in [3.63, 3.8) is 0 Å². The minimum absolute atomic E-state index is 0.0181. The standard InChI is InChI=1S/C17H32N4O3/c1-5-13(3)20-15(22)7-10-19-17(18-6-2)21-11-8-14(9-12-21)16(23)24-4/h13-14H,5-12H2,1-4H3,(H,18,19)(H,20,22). The molecule has 0 bridgehead atoms. The van der Waals surface area contributed by atoms with Crippen LogP contribution in [0, 0.1) is 5.92 Å². The topological polar surface area (TPSA) is 83.0 Å². The van der Waals surface area contributed by atoms with Crippen LogP contribution in [-0.4, -0.2) is 62.1 Å². The number of esters is 1. The summed E-state index contributed by atoms with van der Waals surface area (Å²) in [7, 11) is 1.44. The maximum Gasteiger partial charge on any atom is 0.308 e. The molecule has 1 saturated heterocycles. The molecule has 0 aromatic rings. The molecule has 0 aromatic carbocycles. The zero-order chi connectivity index (χ0) is 17.9. The number of rotatable bonds is 7. The Morgan fingerprint density at radius 2 is 1.96 bits per heavy atom. The molecule has 1 heterocycles. The number of ether oxygens (including phenoxy) is 1. The van der Waals surface area contributed by atoms with Gasteiger partial charge in [0.2, 0.25) is 5.91 Å². The summed E-state index contributed by atoms with van der Waals surface area (Å²) in [5.41, 5.74) is 0. The molecule has 1 aliphatic heterocycles. The Bertz CT molecular complexity index is 432. The summed E-state index contributed by atoms with van der Waals surface area (Å²) < 4.78 is 4.82. The average Bonchev–Trinajstić information content (AvgIpc) is 2.60. The minimum atomic E-state index is -0.127. The Balaban J connectivity index is 2.48. The van der Waals surface area contributed by atoms with E-state index in [4.69, 9.17) is 4.74 Å². The summed E-state index contributed by atoms with van der Waals surface area (Å²) in [5.74, 6) is 0.708. The van der Waals surface area contributed by atoms with Gasteiger partial charge in [-0.3, -0.25) is 14.6 Å². The van der Waals surface area contributed by atoms with Crippen LogP contribution in [-0.2, 0) is 14.3 Å². The summed E-state index contributed by atoms with van der Waals surface area (Å²) in [4.78, 5) is 30.1. The maximum atomic E-state index is 11.8. The molecule has 1 amide bonds. The minimum Gasteiger partial charge on any atom is -0.469 e. The summed E-state index contributed by atoms with van der Waals surface area (Å²) in [6, 6.07) is 0.201. The first-order chi connectivity index (χ1) is 11.5. The van der Waals surface area contributed by atoms with Gasteiger partial charge in [0.1, 0.15) is 0 Å². The van der Waals surface area contributed by atoms with Gasteiger partial charge < -0.3 is 20.3 Å². The lowest BCUT2D eigenvalue weighted by molar-refractivity contribution is -0.146. The largest absolute Gasteiger partial charge is 0.469 e. The molecule has 2 N–H and O–H groups in total. The zero-order valence-corrected chi connectivity index (χ0v) is 15.4. The molecule has 1 aliphatic rings.